The molecule has 0 rings (SSSR count). The Morgan fingerprint density at radius 2 is 1.92 bits per heavy atom. The van der Waals surface area contributed by atoms with E-state index in [-0.39, 0.29) is 18.3 Å². The van der Waals surface area contributed by atoms with Crippen LogP contribution in [-0.2, 0) is 4.79 Å². The monoisotopic (exact) mass is 189 g/mol. The summed E-state index contributed by atoms with van der Waals surface area (Å²) in [5.74, 6) is 0.0601. The summed E-state index contributed by atoms with van der Waals surface area (Å²) >= 11 is 0. The van der Waals surface area contributed by atoms with E-state index >= 15 is 0 Å². The van der Waals surface area contributed by atoms with Crippen LogP contribution in [0.3, 0.4) is 0 Å². The SMILES string of the molecule is C=CC[N+](C)(C)C(=O)C(=C)C.[Cl-]. The van der Waals surface area contributed by atoms with Crippen LogP contribution in [0.5, 0.6) is 0 Å². The zero-order valence-corrected chi connectivity index (χ0v) is 8.69. The van der Waals surface area contributed by atoms with Crippen LogP contribution in [0.4, 0.5) is 0 Å². The molecule has 0 aromatic heterocycles. The predicted molar refractivity (Wildman–Crippen MR) is 47.0 cm³/mol. The van der Waals surface area contributed by atoms with Crippen molar-refractivity contribution in [2.75, 3.05) is 20.6 Å². The first-order valence-corrected chi connectivity index (χ1v) is 3.56. The molecule has 0 fully saturated rings. The molecular weight excluding hydrogens is 174 g/mol. The van der Waals surface area contributed by atoms with Crippen LogP contribution in [-0.4, -0.2) is 31.0 Å². The molecule has 0 aliphatic carbocycles. The maximum atomic E-state index is 11.4. The van der Waals surface area contributed by atoms with E-state index in [9.17, 15) is 4.79 Å². The molecule has 1 amide bonds. The van der Waals surface area contributed by atoms with E-state index in [2.05, 4.69) is 13.2 Å². The van der Waals surface area contributed by atoms with Gasteiger partial charge in [0.05, 0.1) is 14.1 Å². The molecule has 0 saturated heterocycles. The van der Waals surface area contributed by atoms with Crippen LogP contribution >= 0.6 is 0 Å². The molecule has 0 unspecified atom stereocenters. The van der Waals surface area contributed by atoms with Gasteiger partial charge in [0.25, 0.3) is 0 Å². The molecular formula is C9H16ClNO. The molecule has 0 N–H and O–H groups in total. The topological polar surface area (TPSA) is 17.1 Å². The van der Waals surface area contributed by atoms with E-state index in [4.69, 9.17) is 0 Å². The Kier molecular flexibility index (Phi) is 5.95. The second-order valence-electron chi connectivity index (χ2n) is 3.24. The Morgan fingerprint density at radius 3 is 2.17 bits per heavy atom. The highest BCUT2D eigenvalue weighted by molar-refractivity contribution is 5.86. The number of nitrogens with zero attached hydrogens (tertiary/aromatic N) is 1. The highest BCUT2D eigenvalue weighted by Gasteiger charge is 2.24. The van der Waals surface area contributed by atoms with Crippen LogP contribution in [0.1, 0.15) is 6.92 Å². The molecule has 0 aromatic carbocycles. The zero-order chi connectivity index (χ0) is 9.07. The summed E-state index contributed by atoms with van der Waals surface area (Å²) in [5, 5.41) is 0. The number of amides is 1. The van der Waals surface area contributed by atoms with Crippen molar-refractivity contribution < 1.29 is 21.7 Å². The van der Waals surface area contributed by atoms with Crippen molar-refractivity contribution in [3.63, 3.8) is 0 Å². The summed E-state index contributed by atoms with van der Waals surface area (Å²) in [6.45, 7) is 9.57. The summed E-state index contributed by atoms with van der Waals surface area (Å²) < 4.78 is 0.304. The number of carbonyl (C=O) groups is 1. The minimum Gasteiger partial charge on any atom is -1.00 e. The van der Waals surface area contributed by atoms with E-state index in [1.165, 1.54) is 0 Å². The summed E-state index contributed by atoms with van der Waals surface area (Å²) in [4.78, 5) is 11.4. The molecule has 2 nitrogen and oxygen atoms in total. The summed E-state index contributed by atoms with van der Waals surface area (Å²) in [7, 11) is 3.69. The number of carbonyl (C=O) groups excluding carboxylic acids is 1. The number of hydrogen-bond donors (Lipinski definition) is 0. The molecule has 0 atom stereocenters. The third-order valence-corrected chi connectivity index (χ3v) is 1.50. The van der Waals surface area contributed by atoms with Gasteiger partial charge in [-0.2, -0.15) is 0 Å². The Morgan fingerprint density at radius 1 is 1.50 bits per heavy atom. The van der Waals surface area contributed by atoms with Crippen molar-refractivity contribution in [3.8, 4) is 0 Å². The van der Waals surface area contributed by atoms with Gasteiger partial charge in [0, 0.05) is 5.57 Å². The number of quaternary nitrogens is 1. The molecule has 0 aliphatic heterocycles. The van der Waals surface area contributed by atoms with Crippen LogP contribution in [0.15, 0.2) is 24.8 Å². The van der Waals surface area contributed by atoms with E-state index in [0.29, 0.717) is 16.6 Å². The lowest BCUT2D eigenvalue weighted by molar-refractivity contribution is -0.805. The minimum absolute atomic E-state index is 0. The van der Waals surface area contributed by atoms with E-state index in [0.717, 1.165) is 0 Å². The average Bonchev–Trinajstić information content (AvgIpc) is 1.86. The van der Waals surface area contributed by atoms with Gasteiger partial charge >= 0.3 is 5.91 Å². The molecule has 0 saturated carbocycles. The van der Waals surface area contributed by atoms with Crippen molar-refractivity contribution >= 4 is 5.91 Å². The third-order valence-electron chi connectivity index (χ3n) is 1.50. The van der Waals surface area contributed by atoms with E-state index < -0.39 is 0 Å². The lowest BCUT2D eigenvalue weighted by atomic mass is 10.2. The van der Waals surface area contributed by atoms with E-state index in [1.807, 2.05) is 14.1 Å². The van der Waals surface area contributed by atoms with Gasteiger partial charge in [0.15, 0.2) is 0 Å². The fourth-order valence-electron chi connectivity index (χ4n) is 0.922. The highest BCUT2D eigenvalue weighted by Crippen LogP contribution is 2.04. The molecule has 0 heterocycles. The molecule has 0 bridgehead atoms. The van der Waals surface area contributed by atoms with Crippen molar-refractivity contribution in [3.05, 3.63) is 24.8 Å². The molecule has 70 valence electrons. The smallest absolute Gasteiger partial charge is 0.340 e. The van der Waals surface area contributed by atoms with Crippen molar-refractivity contribution in [1.29, 1.82) is 0 Å². The van der Waals surface area contributed by atoms with E-state index in [1.54, 1.807) is 13.0 Å². The van der Waals surface area contributed by atoms with Crippen molar-refractivity contribution in [2.45, 2.75) is 6.92 Å². The second kappa shape index (κ2) is 5.12. The molecule has 0 aromatic rings. The van der Waals surface area contributed by atoms with Crippen LogP contribution < -0.4 is 12.4 Å². The quantitative estimate of drug-likeness (QED) is 0.296. The van der Waals surface area contributed by atoms with Gasteiger partial charge in [-0.15, -0.1) is 0 Å². The second-order valence-corrected chi connectivity index (χ2v) is 3.24. The molecule has 0 spiro atoms. The Bertz CT molecular complexity index is 197. The molecule has 0 aliphatic rings. The van der Waals surface area contributed by atoms with Gasteiger partial charge in [0.1, 0.15) is 6.54 Å². The molecule has 0 radical (unpaired) electrons. The number of likely N-dealkylation sites (N-methyl/N-ethyl adjacent to an activating group) is 1. The highest BCUT2D eigenvalue weighted by atomic mass is 35.5. The van der Waals surface area contributed by atoms with Crippen molar-refractivity contribution in [1.82, 2.24) is 0 Å². The number of halogens is 1. The van der Waals surface area contributed by atoms with Crippen molar-refractivity contribution in [2.24, 2.45) is 0 Å². The summed E-state index contributed by atoms with van der Waals surface area (Å²) in [6, 6.07) is 0. The first kappa shape index (κ1) is 14.0. The Labute approximate surface area is 80.6 Å². The maximum Gasteiger partial charge on any atom is 0.340 e. The molecule has 12 heavy (non-hydrogen) atoms. The average molecular weight is 190 g/mol. The first-order chi connectivity index (χ1) is 4.91. The lowest BCUT2D eigenvalue weighted by Crippen LogP contribution is -3.00. The van der Waals surface area contributed by atoms with Gasteiger partial charge in [0.2, 0.25) is 0 Å². The van der Waals surface area contributed by atoms with Crippen LogP contribution in [0, 0.1) is 0 Å². The first-order valence-electron chi connectivity index (χ1n) is 3.56. The standard InChI is InChI=1S/C9H16NO.ClH/c1-6-7-10(4,5)9(11)8(2)3;/h6H,1-2,7H2,3-5H3;1H/q+1;/p-1. The number of hydrogen-bond acceptors (Lipinski definition) is 1. The number of rotatable bonds is 3. The van der Waals surface area contributed by atoms with Gasteiger partial charge in [-0.3, -0.25) is 4.48 Å². The van der Waals surface area contributed by atoms with Gasteiger partial charge in [-0.05, 0) is 13.0 Å². The molecule has 3 heteroatoms. The Balaban J connectivity index is 0. The third kappa shape index (κ3) is 3.69. The largest absolute Gasteiger partial charge is 1.00 e. The van der Waals surface area contributed by atoms with Gasteiger partial charge in [-0.1, -0.05) is 13.2 Å². The predicted octanol–water partition coefficient (Wildman–Crippen LogP) is -1.64. The normalized spacial score (nSPS) is 9.92. The van der Waals surface area contributed by atoms with Gasteiger partial charge in [-0.25, -0.2) is 4.79 Å². The van der Waals surface area contributed by atoms with Crippen LogP contribution in [0.2, 0.25) is 0 Å². The fraction of sp³-hybridized carbons (Fsp3) is 0.444. The summed E-state index contributed by atoms with van der Waals surface area (Å²) in [5.41, 5.74) is 0.594. The maximum absolute atomic E-state index is 11.4. The fourth-order valence-corrected chi connectivity index (χ4v) is 0.922. The zero-order valence-electron chi connectivity index (χ0n) is 7.93. The Hall–Kier alpha value is -0.600. The van der Waals surface area contributed by atoms with Crippen LogP contribution in [0.25, 0.3) is 0 Å². The lowest BCUT2D eigenvalue weighted by Gasteiger charge is -2.24. The minimum atomic E-state index is 0. The van der Waals surface area contributed by atoms with Gasteiger partial charge < -0.3 is 12.4 Å². The summed E-state index contributed by atoms with van der Waals surface area (Å²) in [6.07, 6.45) is 1.74.